The summed E-state index contributed by atoms with van der Waals surface area (Å²) in [4.78, 5) is 70.9. The first-order chi connectivity index (χ1) is 31.5. The highest BCUT2D eigenvalue weighted by atomic mass is 16.5. The fourth-order valence-corrected chi connectivity index (χ4v) is 11.0. The number of alkyl carbamates (subject to hydrolysis) is 2. The predicted octanol–water partition coefficient (Wildman–Crippen LogP) is 8.16. The number of aliphatic imine (C=N–C) groups is 1. The second-order valence-electron chi connectivity index (χ2n) is 18.5. The molecule has 5 aliphatic rings. The molecule has 0 aliphatic carbocycles. The quantitative estimate of drug-likeness (QED) is 0.134. The summed E-state index contributed by atoms with van der Waals surface area (Å²) >= 11 is 0. The second kappa shape index (κ2) is 18.5. The molecule has 6 heterocycles. The number of amides is 4. The van der Waals surface area contributed by atoms with Gasteiger partial charge in [-0.05, 0) is 120 Å². The summed E-state index contributed by atoms with van der Waals surface area (Å²) < 4.78 is 21.9. The van der Waals surface area contributed by atoms with Gasteiger partial charge in [0.25, 0.3) is 0 Å². The minimum Gasteiger partial charge on any atom is -0.488 e. The first-order valence-electron chi connectivity index (χ1n) is 23.4. The second-order valence-corrected chi connectivity index (χ2v) is 18.5. The van der Waals surface area contributed by atoms with Gasteiger partial charge in [0.1, 0.15) is 30.3 Å². The van der Waals surface area contributed by atoms with Crippen molar-refractivity contribution >= 4 is 46.2 Å². The molecule has 3 aromatic carbocycles. The van der Waals surface area contributed by atoms with E-state index in [-0.39, 0.29) is 47.8 Å². The number of aromatic amines is 1. The number of carbonyl (C=O) groups excluding carboxylic acids is 4. The van der Waals surface area contributed by atoms with Gasteiger partial charge < -0.3 is 44.4 Å². The van der Waals surface area contributed by atoms with Crippen LogP contribution in [0, 0.1) is 11.8 Å². The van der Waals surface area contributed by atoms with E-state index in [9.17, 15) is 19.2 Å². The Hall–Kier alpha value is -5.96. The van der Waals surface area contributed by atoms with Crippen molar-refractivity contribution in [3.8, 4) is 28.1 Å². The summed E-state index contributed by atoms with van der Waals surface area (Å²) in [5.41, 5.74) is 8.05. The van der Waals surface area contributed by atoms with Gasteiger partial charge in [0.05, 0.1) is 43.9 Å². The Kier molecular flexibility index (Phi) is 12.6. The molecule has 344 valence electrons. The first-order valence-corrected chi connectivity index (χ1v) is 23.4. The minimum absolute atomic E-state index is 0.0368. The molecule has 0 bridgehead atoms. The number of hydrogen-bond acceptors (Lipinski definition) is 10. The number of benzene rings is 3. The Morgan fingerprint density at radius 3 is 2.25 bits per heavy atom. The molecule has 3 N–H and O–H groups in total. The molecule has 15 heteroatoms. The third-order valence-electron chi connectivity index (χ3n) is 14.5. The van der Waals surface area contributed by atoms with Crippen LogP contribution < -0.4 is 15.4 Å². The number of carbonyl (C=O) groups is 4. The molecule has 0 radical (unpaired) electrons. The fraction of sp³-hybridized carbons (Fsp3) is 0.520. The molecular formula is C50H61N7O8. The van der Waals surface area contributed by atoms with Crippen LogP contribution in [0.1, 0.15) is 102 Å². The normalized spacial score (nSPS) is 22.4. The highest BCUT2D eigenvalue weighted by Gasteiger charge is 2.45. The molecule has 4 aromatic rings. The Balaban J connectivity index is 0.942. The third-order valence-corrected chi connectivity index (χ3v) is 14.5. The van der Waals surface area contributed by atoms with Gasteiger partial charge in [-0.15, -0.1) is 0 Å². The molecule has 5 aliphatic heterocycles. The zero-order valence-electron chi connectivity index (χ0n) is 38.3. The molecule has 4 amide bonds. The number of rotatable bonds is 11. The lowest BCUT2D eigenvalue weighted by molar-refractivity contribution is -0.138. The average Bonchev–Trinajstić information content (AvgIpc) is 4.16. The van der Waals surface area contributed by atoms with Crippen molar-refractivity contribution in [2.75, 3.05) is 27.4 Å². The molecule has 65 heavy (non-hydrogen) atoms. The van der Waals surface area contributed by atoms with Crippen molar-refractivity contribution in [1.29, 1.82) is 0 Å². The summed E-state index contributed by atoms with van der Waals surface area (Å²) in [5, 5.41) is 7.83. The number of H-pyrrole nitrogens is 1. The standard InChI is InChI=1S/C50H61N7O8/c1-7-32-11-15-41(56(32)48(59)45(55-50(61)63-6)28-17-19-64-20-18-28)39-23-36-35-24-43-37(22-29(35)10-14-38(36)52-39)34-13-9-30(21-31(34)26-65-43)40-25-51-46(53-40)42-16-12-33(8-2)57(42)47(58)44(27(3)4)54-49(60)62-5/h9-10,13-14,21-22,24-25,27-28,32-33,41-42,44-45H,7-8,11-12,15-20,23,26H2,1-6H3,(H,51,53)(H,54,60)(H,55,61)/t32-,33-,41-,42-,44-,45-/m0/s1. The first kappa shape index (κ1) is 44.3. The van der Waals surface area contributed by atoms with E-state index in [2.05, 4.69) is 71.9 Å². The summed E-state index contributed by atoms with van der Waals surface area (Å²) in [7, 11) is 2.63. The average molecular weight is 888 g/mol. The number of imidazole rings is 1. The Bertz CT molecular complexity index is 2510. The number of aromatic nitrogens is 2. The Labute approximate surface area is 380 Å². The van der Waals surface area contributed by atoms with Crippen molar-refractivity contribution in [2.45, 2.75) is 128 Å². The van der Waals surface area contributed by atoms with Crippen molar-refractivity contribution in [2.24, 2.45) is 16.8 Å². The maximum Gasteiger partial charge on any atom is 0.407 e. The number of likely N-dealkylation sites (tertiary alicyclic amines) is 2. The van der Waals surface area contributed by atoms with E-state index in [1.807, 2.05) is 29.8 Å². The molecule has 1 aromatic heterocycles. The van der Waals surface area contributed by atoms with Crippen LogP contribution in [0.5, 0.6) is 5.75 Å². The summed E-state index contributed by atoms with van der Waals surface area (Å²) in [5.74, 6) is 1.18. The van der Waals surface area contributed by atoms with Crippen LogP contribution in [-0.2, 0) is 36.8 Å². The molecular weight excluding hydrogens is 827 g/mol. The van der Waals surface area contributed by atoms with Crippen molar-refractivity contribution in [1.82, 2.24) is 30.4 Å². The van der Waals surface area contributed by atoms with Gasteiger partial charge in [-0.25, -0.2) is 14.6 Å². The zero-order chi connectivity index (χ0) is 45.5. The van der Waals surface area contributed by atoms with Crippen LogP contribution in [0.15, 0.2) is 53.7 Å². The minimum atomic E-state index is -0.715. The number of fused-ring (bicyclic) bond motifs is 6. The van der Waals surface area contributed by atoms with E-state index in [1.54, 1.807) is 0 Å². The summed E-state index contributed by atoms with van der Waals surface area (Å²) in [6.07, 6.45) is 7.56. The highest BCUT2D eigenvalue weighted by molar-refractivity contribution is 6.07. The zero-order valence-corrected chi connectivity index (χ0v) is 38.3. The number of nitrogens with zero attached hydrogens (tertiary/aromatic N) is 4. The lowest BCUT2D eigenvalue weighted by atomic mass is 9.89. The van der Waals surface area contributed by atoms with Gasteiger partial charge in [-0.2, -0.15) is 0 Å². The van der Waals surface area contributed by atoms with E-state index in [0.717, 1.165) is 106 Å². The van der Waals surface area contributed by atoms with E-state index >= 15 is 0 Å². The van der Waals surface area contributed by atoms with Crippen LogP contribution in [0.3, 0.4) is 0 Å². The van der Waals surface area contributed by atoms with Gasteiger partial charge in [-0.1, -0.05) is 45.9 Å². The van der Waals surface area contributed by atoms with Gasteiger partial charge in [0.15, 0.2) is 0 Å². The smallest absolute Gasteiger partial charge is 0.407 e. The SMILES string of the molecule is CC[C@H]1CC[C@@H](C2=Nc3ccc4cc5c(cc4c3C2)OCc2cc(-c3cnc([C@@H]4CC[C@H](CC)N4C(=O)[C@@H](NC(=O)OC)C(C)C)[nH]3)ccc2-5)N1C(=O)[C@@H](NC(=O)OC)C1CCOCC1. The number of methoxy groups -OCH3 is 2. The van der Waals surface area contributed by atoms with Crippen molar-refractivity contribution in [3.05, 3.63) is 65.6 Å². The lowest BCUT2D eigenvalue weighted by Crippen LogP contribution is -2.57. The molecule has 15 nitrogen and oxygen atoms in total. The highest BCUT2D eigenvalue weighted by Crippen LogP contribution is 2.46. The predicted molar refractivity (Wildman–Crippen MR) is 246 cm³/mol. The Morgan fingerprint density at radius 1 is 0.831 bits per heavy atom. The molecule has 3 fully saturated rings. The molecule has 0 saturated carbocycles. The maximum absolute atomic E-state index is 14.6. The summed E-state index contributed by atoms with van der Waals surface area (Å²) in [6, 6.07) is 13.2. The van der Waals surface area contributed by atoms with Crippen LogP contribution >= 0.6 is 0 Å². The van der Waals surface area contributed by atoms with Crippen LogP contribution in [0.2, 0.25) is 0 Å². The van der Waals surface area contributed by atoms with Gasteiger partial charge in [0, 0.05) is 43.0 Å². The van der Waals surface area contributed by atoms with E-state index in [0.29, 0.717) is 39.1 Å². The van der Waals surface area contributed by atoms with Crippen LogP contribution in [-0.4, -0.2) is 107 Å². The number of nitrogens with one attached hydrogen (secondary N) is 3. The number of hydrogen-bond donors (Lipinski definition) is 3. The van der Waals surface area contributed by atoms with Crippen LogP contribution in [0.25, 0.3) is 33.2 Å². The van der Waals surface area contributed by atoms with Crippen molar-refractivity contribution in [3.63, 3.8) is 0 Å². The molecule has 0 spiro atoms. The van der Waals surface area contributed by atoms with Crippen LogP contribution in [0.4, 0.5) is 15.3 Å². The Morgan fingerprint density at radius 2 is 1.54 bits per heavy atom. The molecule has 0 unspecified atom stereocenters. The third kappa shape index (κ3) is 8.32. The fourth-order valence-electron chi connectivity index (χ4n) is 11.0. The molecule has 6 atom stereocenters. The van der Waals surface area contributed by atoms with Gasteiger partial charge >= 0.3 is 12.2 Å². The maximum atomic E-state index is 14.6. The molecule has 9 rings (SSSR count). The lowest BCUT2D eigenvalue weighted by Gasteiger charge is -2.37. The van der Waals surface area contributed by atoms with Gasteiger partial charge in [0.2, 0.25) is 11.8 Å². The topological polar surface area (TPSA) is 177 Å². The van der Waals surface area contributed by atoms with Gasteiger partial charge in [-0.3, -0.25) is 14.6 Å². The monoisotopic (exact) mass is 887 g/mol. The van der Waals surface area contributed by atoms with Crippen molar-refractivity contribution < 1.29 is 38.1 Å². The number of ether oxygens (including phenoxy) is 4. The van der Waals surface area contributed by atoms with E-state index in [4.69, 9.17) is 28.9 Å². The van der Waals surface area contributed by atoms with E-state index < -0.39 is 24.3 Å². The van der Waals surface area contributed by atoms with E-state index in [1.165, 1.54) is 14.2 Å². The summed E-state index contributed by atoms with van der Waals surface area (Å²) in [6.45, 7) is 9.56. The largest absolute Gasteiger partial charge is 0.488 e. The molecule has 3 saturated heterocycles.